The Labute approximate surface area is 135 Å². The fourth-order valence-corrected chi connectivity index (χ4v) is 3.02. The van der Waals surface area contributed by atoms with E-state index in [2.05, 4.69) is 40.2 Å². The zero-order chi connectivity index (χ0) is 16.2. The summed E-state index contributed by atoms with van der Waals surface area (Å²) in [6.07, 6.45) is 3.77. The van der Waals surface area contributed by atoms with E-state index in [9.17, 15) is 9.18 Å². The number of anilines is 1. The first-order valence-electron chi connectivity index (χ1n) is 8.01. The molecule has 0 bridgehead atoms. The first-order valence-corrected chi connectivity index (χ1v) is 8.01. The number of likely N-dealkylation sites (tertiary alicyclic amines) is 1. The number of halogens is 1. The van der Waals surface area contributed by atoms with Crippen LogP contribution in [0.2, 0.25) is 0 Å². The number of benzene rings is 1. The number of aromatic nitrogens is 1. The van der Waals surface area contributed by atoms with Crippen LogP contribution < -0.4 is 5.32 Å². The molecule has 2 aromatic rings. The van der Waals surface area contributed by atoms with E-state index in [4.69, 9.17) is 0 Å². The first kappa shape index (κ1) is 15.7. The lowest BCUT2D eigenvalue weighted by Gasteiger charge is -2.31. The molecule has 1 fully saturated rings. The van der Waals surface area contributed by atoms with E-state index in [1.54, 1.807) is 12.1 Å². The minimum Gasteiger partial charge on any atom is -0.353 e. The van der Waals surface area contributed by atoms with Gasteiger partial charge in [-0.25, -0.2) is 4.39 Å². The van der Waals surface area contributed by atoms with Crippen LogP contribution in [0.3, 0.4) is 0 Å². The molecule has 0 spiro atoms. The Morgan fingerprint density at radius 3 is 2.52 bits per heavy atom. The molecule has 0 saturated carbocycles. The van der Waals surface area contributed by atoms with E-state index in [0.29, 0.717) is 5.69 Å². The van der Waals surface area contributed by atoms with Crippen LogP contribution in [-0.4, -0.2) is 28.5 Å². The molecule has 0 unspecified atom stereocenters. The van der Waals surface area contributed by atoms with Crippen molar-refractivity contribution in [3.05, 3.63) is 54.1 Å². The quantitative estimate of drug-likeness (QED) is 0.942. The van der Waals surface area contributed by atoms with Crippen LogP contribution >= 0.6 is 0 Å². The number of carbonyl (C=O) groups excluding carboxylic acids is 1. The Hall–Kier alpha value is -2.14. The number of carbonyl (C=O) groups is 1. The van der Waals surface area contributed by atoms with Gasteiger partial charge in [-0.15, -0.1) is 0 Å². The minimum absolute atomic E-state index is 0.0321. The van der Waals surface area contributed by atoms with Gasteiger partial charge in [-0.2, -0.15) is 0 Å². The zero-order valence-corrected chi connectivity index (χ0v) is 13.3. The molecule has 1 N–H and O–H groups in total. The highest BCUT2D eigenvalue weighted by molar-refractivity contribution is 5.92. The summed E-state index contributed by atoms with van der Waals surface area (Å²) in [5, 5.41) is 2.88. The monoisotopic (exact) mass is 315 g/mol. The lowest BCUT2D eigenvalue weighted by molar-refractivity contribution is -0.121. The summed E-state index contributed by atoms with van der Waals surface area (Å²) in [5.41, 5.74) is 1.95. The fourth-order valence-electron chi connectivity index (χ4n) is 3.02. The van der Waals surface area contributed by atoms with Gasteiger partial charge >= 0.3 is 0 Å². The molecule has 0 atom stereocenters. The lowest BCUT2D eigenvalue weighted by Crippen LogP contribution is -2.38. The number of piperidine rings is 1. The molecular weight excluding hydrogens is 293 g/mol. The van der Waals surface area contributed by atoms with Crippen molar-refractivity contribution in [3.63, 3.8) is 0 Å². The molecule has 1 amide bonds. The van der Waals surface area contributed by atoms with E-state index < -0.39 is 0 Å². The van der Waals surface area contributed by atoms with E-state index in [-0.39, 0.29) is 17.6 Å². The summed E-state index contributed by atoms with van der Waals surface area (Å²) in [5.74, 6) is -0.225. The molecular formula is C18H22FN3O. The molecule has 0 aliphatic carbocycles. The van der Waals surface area contributed by atoms with Crippen molar-refractivity contribution in [1.29, 1.82) is 0 Å². The highest BCUT2D eigenvalue weighted by Crippen LogP contribution is 2.21. The SMILES string of the molecule is Cn1cccc1CN1CCC(C(=O)Nc2ccc(F)cc2)CC1. The number of hydrogen-bond donors (Lipinski definition) is 1. The van der Waals surface area contributed by atoms with E-state index in [0.717, 1.165) is 32.5 Å². The molecule has 1 aliphatic rings. The number of aryl methyl sites for hydroxylation is 1. The van der Waals surface area contributed by atoms with Gasteiger partial charge in [-0.3, -0.25) is 9.69 Å². The maximum absolute atomic E-state index is 12.9. The molecule has 23 heavy (non-hydrogen) atoms. The maximum atomic E-state index is 12.9. The maximum Gasteiger partial charge on any atom is 0.227 e. The minimum atomic E-state index is -0.294. The third-order valence-electron chi connectivity index (χ3n) is 4.51. The third kappa shape index (κ3) is 3.99. The van der Waals surface area contributed by atoms with Crippen LogP contribution in [-0.2, 0) is 18.4 Å². The van der Waals surface area contributed by atoms with E-state index in [1.165, 1.54) is 17.8 Å². The van der Waals surface area contributed by atoms with E-state index in [1.807, 2.05) is 0 Å². The van der Waals surface area contributed by atoms with Gasteiger partial charge in [0, 0.05) is 37.1 Å². The van der Waals surface area contributed by atoms with Gasteiger partial charge in [-0.05, 0) is 62.3 Å². The molecule has 5 heteroatoms. The van der Waals surface area contributed by atoms with Gasteiger partial charge < -0.3 is 9.88 Å². The molecule has 1 aliphatic heterocycles. The molecule has 0 radical (unpaired) electrons. The van der Waals surface area contributed by atoms with Gasteiger partial charge in [0.25, 0.3) is 0 Å². The molecule has 1 saturated heterocycles. The van der Waals surface area contributed by atoms with Crippen molar-refractivity contribution in [2.24, 2.45) is 13.0 Å². The van der Waals surface area contributed by atoms with Gasteiger partial charge in [0.1, 0.15) is 5.82 Å². The van der Waals surface area contributed by atoms with Crippen molar-refractivity contribution in [3.8, 4) is 0 Å². The zero-order valence-electron chi connectivity index (χ0n) is 13.3. The van der Waals surface area contributed by atoms with Crippen molar-refractivity contribution in [2.75, 3.05) is 18.4 Å². The summed E-state index contributed by atoms with van der Waals surface area (Å²) in [4.78, 5) is 14.7. The third-order valence-corrected chi connectivity index (χ3v) is 4.51. The second kappa shape index (κ2) is 6.96. The van der Waals surface area contributed by atoms with Crippen LogP contribution in [0.5, 0.6) is 0 Å². The Balaban J connectivity index is 1.49. The highest BCUT2D eigenvalue weighted by Gasteiger charge is 2.25. The lowest BCUT2D eigenvalue weighted by atomic mass is 9.95. The van der Waals surface area contributed by atoms with Crippen LogP contribution in [0, 0.1) is 11.7 Å². The normalized spacial score (nSPS) is 16.4. The van der Waals surface area contributed by atoms with Gasteiger partial charge in [0.2, 0.25) is 5.91 Å². The Morgan fingerprint density at radius 1 is 1.22 bits per heavy atom. The van der Waals surface area contributed by atoms with Crippen molar-refractivity contribution in [1.82, 2.24) is 9.47 Å². The topological polar surface area (TPSA) is 37.3 Å². The summed E-state index contributed by atoms with van der Waals surface area (Å²) < 4.78 is 15.0. The summed E-state index contributed by atoms with van der Waals surface area (Å²) in [6, 6.07) is 10.1. The highest BCUT2D eigenvalue weighted by atomic mass is 19.1. The number of nitrogens with zero attached hydrogens (tertiary/aromatic N) is 2. The summed E-state index contributed by atoms with van der Waals surface area (Å²) >= 11 is 0. The number of nitrogens with one attached hydrogen (secondary N) is 1. The molecule has 3 rings (SSSR count). The van der Waals surface area contributed by atoms with Crippen LogP contribution in [0.25, 0.3) is 0 Å². The second-order valence-corrected chi connectivity index (χ2v) is 6.16. The molecule has 1 aromatic carbocycles. The van der Waals surface area contributed by atoms with Crippen LogP contribution in [0.1, 0.15) is 18.5 Å². The average molecular weight is 315 g/mol. The van der Waals surface area contributed by atoms with Gasteiger partial charge in [-0.1, -0.05) is 0 Å². The Kier molecular flexibility index (Phi) is 4.76. The van der Waals surface area contributed by atoms with Crippen LogP contribution in [0.4, 0.5) is 10.1 Å². The number of hydrogen-bond acceptors (Lipinski definition) is 2. The van der Waals surface area contributed by atoms with Gasteiger partial charge in [0.15, 0.2) is 0 Å². The molecule has 1 aromatic heterocycles. The molecule has 4 nitrogen and oxygen atoms in total. The van der Waals surface area contributed by atoms with Crippen molar-refractivity contribution >= 4 is 11.6 Å². The fraction of sp³-hybridized carbons (Fsp3) is 0.389. The average Bonchev–Trinajstić information content (AvgIpc) is 2.95. The smallest absolute Gasteiger partial charge is 0.227 e. The van der Waals surface area contributed by atoms with Gasteiger partial charge in [0.05, 0.1) is 0 Å². The largest absolute Gasteiger partial charge is 0.353 e. The first-order chi connectivity index (χ1) is 11.1. The summed E-state index contributed by atoms with van der Waals surface area (Å²) in [6.45, 7) is 2.77. The number of amides is 1. The Morgan fingerprint density at radius 2 is 1.91 bits per heavy atom. The van der Waals surface area contributed by atoms with Crippen molar-refractivity contribution in [2.45, 2.75) is 19.4 Å². The second-order valence-electron chi connectivity index (χ2n) is 6.16. The predicted molar refractivity (Wildman–Crippen MR) is 88.4 cm³/mol. The predicted octanol–water partition coefficient (Wildman–Crippen LogP) is 3.01. The number of rotatable bonds is 4. The van der Waals surface area contributed by atoms with Crippen molar-refractivity contribution < 1.29 is 9.18 Å². The molecule has 2 heterocycles. The standard InChI is InChI=1S/C18H22FN3O/c1-21-10-2-3-17(21)13-22-11-8-14(9-12-22)18(23)20-16-6-4-15(19)5-7-16/h2-7,10,14H,8-9,11-13H2,1H3,(H,20,23). The Bertz CT molecular complexity index is 657. The molecule has 122 valence electrons. The van der Waals surface area contributed by atoms with Crippen LogP contribution in [0.15, 0.2) is 42.6 Å². The van der Waals surface area contributed by atoms with E-state index >= 15 is 0 Å². The summed E-state index contributed by atoms with van der Waals surface area (Å²) in [7, 11) is 2.05.